The van der Waals surface area contributed by atoms with Gasteiger partial charge in [0.05, 0.1) is 14.2 Å². The third kappa shape index (κ3) is 2.91. The molecule has 0 aliphatic rings. The average Bonchev–Trinajstić information content (AvgIpc) is 2.25. The molecule has 2 N–H and O–H groups in total. The summed E-state index contributed by atoms with van der Waals surface area (Å²) in [6.45, 7) is 8.39. The predicted octanol–water partition coefficient (Wildman–Crippen LogP) is 3.02. The Morgan fingerprint density at radius 2 is 1.71 bits per heavy atom. The van der Waals surface area contributed by atoms with Crippen molar-refractivity contribution in [2.45, 2.75) is 39.2 Å². The largest absolute Gasteiger partial charge is 0.497 e. The number of ether oxygens (including phenoxy) is 2. The maximum Gasteiger partial charge on any atom is 0.127 e. The summed E-state index contributed by atoms with van der Waals surface area (Å²) in [5, 5.41) is 0. The fourth-order valence-corrected chi connectivity index (χ4v) is 1.86. The van der Waals surface area contributed by atoms with E-state index in [4.69, 9.17) is 15.2 Å². The van der Waals surface area contributed by atoms with Gasteiger partial charge in [0, 0.05) is 17.2 Å². The van der Waals surface area contributed by atoms with E-state index in [1.807, 2.05) is 19.1 Å². The van der Waals surface area contributed by atoms with Gasteiger partial charge in [-0.15, -0.1) is 0 Å². The first-order chi connectivity index (χ1) is 7.81. The van der Waals surface area contributed by atoms with Crippen LogP contribution in [0.3, 0.4) is 0 Å². The van der Waals surface area contributed by atoms with E-state index in [9.17, 15) is 0 Å². The van der Waals surface area contributed by atoms with E-state index >= 15 is 0 Å². The average molecular weight is 237 g/mol. The molecule has 17 heavy (non-hydrogen) atoms. The zero-order chi connectivity index (χ0) is 13.2. The van der Waals surface area contributed by atoms with Crippen LogP contribution < -0.4 is 15.2 Å². The first-order valence-electron chi connectivity index (χ1n) is 5.83. The van der Waals surface area contributed by atoms with Gasteiger partial charge in [-0.3, -0.25) is 0 Å². The van der Waals surface area contributed by atoms with E-state index in [1.54, 1.807) is 14.2 Å². The van der Waals surface area contributed by atoms with Crippen LogP contribution in [0.15, 0.2) is 12.1 Å². The minimum Gasteiger partial charge on any atom is -0.497 e. The van der Waals surface area contributed by atoms with Crippen LogP contribution in [0.1, 0.15) is 44.9 Å². The van der Waals surface area contributed by atoms with Crippen LogP contribution in [-0.4, -0.2) is 14.2 Å². The van der Waals surface area contributed by atoms with Crippen molar-refractivity contribution in [2.75, 3.05) is 14.2 Å². The van der Waals surface area contributed by atoms with Crippen LogP contribution in [0, 0.1) is 0 Å². The van der Waals surface area contributed by atoms with Crippen LogP contribution >= 0.6 is 0 Å². The molecule has 1 rings (SSSR count). The molecule has 0 aliphatic carbocycles. The molecule has 1 unspecified atom stereocenters. The van der Waals surface area contributed by atoms with Crippen molar-refractivity contribution in [2.24, 2.45) is 5.73 Å². The summed E-state index contributed by atoms with van der Waals surface area (Å²) in [5.74, 6) is 1.69. The number of hydrogen-bond donors (Lipinski definition) is 1. The molecular weight excluding hydrogens is 214 g/mol. The molecule has 0 saturated carbocycles. The Morgan fingerprint density at radius 1 is 1.12 bits per heavy atom. The molecule has 0 fully saturated rings. The third-order valence-electron chi connectivity index (χ3n) is 2.83. The second-order valence-electron chi connectivity index (χ2n) is 5.34. The number of methoxy groups -OCH3 is 2. The van der Waals surface area contributed by atoms with Crippen molar-refractivity contribution >= 4 is 0 Å². The lowest BCUT2D eigenvalue weighted by molar-refractivity contribution is 0.380. The Kier molecular flexibility index (Phi) is 4.04. The minimum atomic E-state index is -0.0823. The van der Waals surface area contributed by atoms with Crippen LogP contribution in [0.2, 0.25) is 0 Å². The number of rotatable bonds is 3. The first-order valence-corrected chi connectivity index (χ1v) is 5.83. The summed E-state index contributed by atoms with van der Waals surface area (Å²) in [6, 6.07) is 3.88. The van der Waals surface area contributed by atoms with Crippen LogP contribution in [0.5, 0.6) is 11.5 Å². The third-order valence-corrected chi connectivity index (χ3v) is 2.83. The smallest absolute Gasteiger partial charge is 0.127 e. The molecule has 0 amide bonds. The van der Waals surface area contributed by atoms with E-state index < -0.39 is 0 Å². The maximum atomic E-state index is 5.99. The Labute approximate surface area is 104 Å². The van der Waals surface area contributed by atoms with Gasteiger partial charge in [-0.2, -0.15) is 0 Å². The number of hydrogen-bond acceptors (Lipinski definition) is 3. The lowest BCUT2D eigenvalue weighted by Gasteiger charge is -2.26. The van der Waals surface area contributed by atoms with Crippen molar-refractivity contribution in [3.05, 3.63) is 23.3 Å². The lowest BCUT2D eigenvalue weighted by atomic mass is 9.84. The standard InChI is InChI=1S/C14H23NO2/c1-9(15)11-7-10(16-5)8-12(13(11)17-6)14(2,3)4/h7-9H,15H2,1-6H3. The van der Waals surface area contributed by atoms with Gasteiger partial charge < -0.3 is 15.2 Å². The van der Waals surface area contributed by atoms with E-state index in [2.05, 4.69) is 20.8 Å². The molecule has 1 aromatic rings. The molecule has 3 nitrogen and oxygen atoms in total. The summed E-state index contributed by atoms with van der Waals surface area (Å²) in [5.41, 5.74) is 8.08. The Morgan fingerprint density at radius 3 is 2.06 bits per heavy atom. The summed E-state index contributed by atoms with van der Waals surface area (Å²) in [4.78, 5) is 0. The van der Waals surface area contributed by atoms with Gasteiger partial charge in [0.2, 0.25) is 0 Å². The Balaban J connectivity index is 3.51. The van der Waals surface area contributed by atoms with Crippen LogP contribution in [-0.2, 0) is 5.41 Å². The van der Waals surface area contributed by atoms with Crippen molar-refractivity contribution in [1.82, 2.24) is 0 Å². The Hall–Kier alpha value is -1.22. The molecule has 1 atom stereocenters. The van der Waals surface area contributed by atoms with Gasteiger partial charge in [0.1, 0.15) is 11.5 Å². The van der Waals surface area contributed by atoms with Gasteiger partial charge in [-0.25, -0.2) is 0 Å². The molecule has 0 bridgehead atoms. The Bertz CT molecular complexity index is 392. The highest BCUT2D eigenvalue weighted by molar-refractivity contribution is 5.51. The monoisotopic (exact) mass is 237 g/mol. The van der Waals surface area contributed by atoms with Crippen molar-refractivity contribution < 1.29 is 9.47 Å². The van der Waals surface area contributed by atoms with Crippen molar-refractivity contribution in [1.29, 1.82) is 0 Å². The van der Waals surface area contributed by atoms with Gasteiger partial charge in [-0.05, 0) is 24.5 Å². The van der Waals surface area contributed by atoms with Crippen LogP contribution in [0.4, 0.5) is 0 Å². The first kappa shape index (κ1) is 13.8. The minimum absolute atomic E-state index is 0.0104. The highest BCUT2D eigenvalue weighted by Crippen LogP contribution is 2.39. The van der Waals surface area contributed by atoms with Crippen LogP contribution in [0.25, 0.3) is 0 Å². The topological polar surface area (TPSA) is 44.5 Å². The summed E-state index contributed by atoms with van der Waals surface area (Å²) >= 11 is 0. The fraction of sp³-hybridized carbons (Fsp3) is 0.571. The van der Waals surface area contributed by atoms with E-state index in [1.165, 1.54) is 0 Å². The van der Waals surface area contributed by atoms with Crippen molar-refractivity contribution in [3.8, 4) is 11.5 Å². The molecule has 3 heteroatoms. The van der Waals surface area contributed by atoms with Gasteiger partial charge >= 0.3 is 0 Å². The van der Waals surface area contributed by atoms with Gasteiger partial charge in [0.25, 0.3) is 0 Å². The highest BCUT2D eigenvalue weighted by Gasteiger charge is 2.23. The van der Waals surface area contributed by atoms with E-state index in [-0.39, 0.29) is 11.5 Å². The molecule has 0 spiro atoms. The van der Waals surface area contributed by atoms with E-state index in [0.717, 1.165) is 22.6 Å². The predicted molar refractivity (Wildman–Crippen MR) is 70.8 cm³/mol. The molecule has 1 aromatic carbocycles. The zero-order valence-corrected chi connectivity index (χ0v) is 11.6. The highest BCUT2D eigenvalue weighted by atomic mass is 16.5. The molecule has 0 saturated heterocycles. The lowest BCUT2D eigenvalue weighted by Crippen LogP contribution is -2.16. The van der Waals surface area contributed by atoms with Crippen molar-refractivity contribution in [3.63, 3.8) is 0 Å². The SMILES string of the molecule is COc1cc(C(C)N)c(OC)c(C(C)(C)C)c1. The molecule has 0 radical (unpaired) electrons. The maximum absolute atomic E-state index is 5.99. The normalized spacial score (nSPS) is 13.4. The number of nitrogens with two attached hydrogens (primary N) is 1. The zero-order valence-electron chi connectivity index (χ0n) is 11.6. The number of benzene rings is 1. The van der Waals surface area contributed by atoms with Gasteiger partial charge in [-0.1, -0.05) is 20.8 Å². The van der Waals surface area contributed by atoms with Gasteiger partial charge in [0.15, 0.2) is 0 Å². The fourth-order valence-electron chi connectivity index (χ4n) is 1.86. The summed E-state index contributed by atoms with van der Waals surface area (Å²) in [6.07, 6.45) is 0. The molecular formula is C14H23NO2. The second-order valence-corrected chi connectivity index (χ2v) is 5.34. The molecule has 0 aliphatic heterocycles. The summed E-state index contributed by atoms with van der Waals surface area (Å²) < 4.78 is 10.9. The van der Waals surface area contributed by atoms with E-state index in [0.29, 0.717) is 0 Å². The molecule has 0 heterocycles. The summed E-state index contributed by atoms with van der Waals surface area (Å²) in [7, 11) is 3.35. The quantitative estimate of drug-likeness (QED) is 0.878. The molecule has 0 aromatic heterocycles. The second kappa shape index (κ2) is 4.96. The molecule has 96 valence electrons.